The summed E-state index contributed by atoms with van der Waals surface area (Å²) in [7, 11) is 0. The molecule has 0 aromatic carbocycles. The number of carbonyl (C=O) groups excluding carboxylic acids is 1. The molecule has 1 heterocycles. The van der Waals surface area contributed by atoms with Crippen LogP contribution in [0.5, 0.6) is 0 Å². The molecule has 4 heteroatoms. The molecule has 0 saturated carbocycles. The molecule has 0 spiro atoms. The van der Waals surface area contributed by atoms with Gasteiger partial charge in [-0.15, -0.1) is 0 Å². The molecule has 4 nitrogen and oxygen atoms in total. The molecular formula is C14H22N2O2. The van der Waals surface area contributed by atoms with Crippen LogP contribution in [0, 0.1) is 11.3 Å². The average Bonchev–Trinajstić information content (AvgIpc) is 2.37. The van der Waals surface area contributed by atoms with Crippen LogP contribution in [0.1, 0.15) is 26.3 Å². The zero-order valence-corrected chi connectivity index (χ0v) is 11.3. The first-order valence-electron chi connectivity index (χ1n) is 6.33. The quantitative estimate of drug-likeness (QED) is 0.782. The van der Waals surface area contributed by atoms with E-state index in [-0.39, 0.29) is 18.4 Å². The lowest BCUT2D eigenvalue weighted by molar-refractivity contribution is -0.157. The van der Waals surface area contributed by atoms with Crippen molar-refractivity contribution in [2.75, 3.05) is 13.2 Å². The van der Waals surface area contributed by atoms with Crippen molar-refractivity contribution in [3.63, 3.8) is 0 Å². The molecule has 0 fully saturated rings. The minimum absolute atomic E-state index is 0.120. The van der Waals surface area contributed by atoms with Gasteiger partial charge in [0.05, 0.1) is 12.0 Å². The molecule has 0 aliphatic rings. The van der Waals surface area contributed by atoms with E-state index in [2.05, 4.69) is 4.98 Å². The first-order chi connectivity index (χ1) is 8.56. The van der Waals surface area contributed by atoms with E-state index in [0.29, 0.717) is 13.0 Å². The Morgan fingerprint density at radius 3 is 2.50 bits per heavy atom. The Hall–Kier alpha value is -1.42. The number of nitrogens with two attached hydrogens (primary N) is 1. The second-order valence-electron chi connectivity index (χ2n) is 4.77. The Morgan fingerprint density at radius 2 is 2.06 bits per heavy atom. The van der Waals surface area contributed by atoms with E-state index in [0.717, 1.165) is 5.56 Å². The van der Waals surface area contributed by atoms with Crippen LogP contribution >= 0.6 is 0 Å². The van der Waals surface area contributed by atoms with E-state index in [1.165, 1.54) is 0 Å². The van der Waals surface area contributed by atoms with Gasteiger partial charge in [0, 0.05) is 18.9 Å². The number of carbonyl (C=O) groups is 1. The Bertz CT molecular complexity index is 379. The summed E-state index contributed by atoms with van der Waals surface area (Å²) in [6.07, 6.45) is 4.03. The SMILES string of the molecule is CCOC(=O)C(CN)(Cc1ccncc1)C(C)C. The van der Waals surface area contributed by atoms with Crippen LogP contribution in [-0.4, -0.2) is 24.1 Å². The van der Waals surface area contributed by atoms with Gasteiger partial charge in [-0.3, -0.25) is 9.78 Å². The first-order valence-corrected chi connectivity index (χ1v) is 6.33. The van der Waals surface area contributed by atoms with Gasteiger partial charge in [-0.05, 0) is 37.0 Å². The van der Waals surface area contributed by atoms with Crippen LogP contribution in [0.15, 0.2) is 24.5 Å². The second-order valence-corrected chi connectivity index (χ2v) is 4.77. The highest BCUT2D eigenvalue weighted by Crippen LogP contribution is 2.32. The van der Waals surface area contributed by atoms with Gasteiger partial charge in [0.25, 0.3) is 0 Å². The van der Waals surface area contributed by atoms with E-state index >= 15 is 0 Å². The number of ether oxygens (including phenoxy) is 1. The van der Waals surface area contributed by atoms with E-state index in [9.17, 15) is 4.79 Å². The van der Waals surface area contributed by atoms with Crippen molar-refractivity contribution in [2.24, 2.45) is 17.1 Å². The number of nitrogens with zero attached hydrogens (tertiary/aromatic N) is 1. The van der Waals surface area contributed by atoms with Gasteiger partial charge in [-0.25, -0.2) is 0 Å². The Kier molecular flexibility index (Phi) is 5.28. The fraction of sp³-hybridized carbons (Fsp3) is 0.571. The van der Waals surface area contributed by atoms with Crippen molar-refractivity contribution in [3.05, 3.63) is 30.1 Å². The van der Waals surface area contributed by atoms with E-state index < -0.39 is 5.41 Å². The van der Waals surface area contributed by atoms with E-state index in [1.54, 1.807) is 12.4 Å². The molecule has 1 atom stereocenters. The van der Waals surface area contributed by atoms with E-state index in [1.807, 2.05) is 32.9 Å². The monoisotopic (exact) mass is 250 g/mol. The summed E-state index contributed by atoms with van der Waals surface area (Å²) in [5.74, 6) is -0.0889. The number of esters is 1. The van der Waals surface area contributed by atoms with Crippen molar-refractivity contribution >= 4 is 5.97 Å². The minimum atomic E-state index is -0.655. The van der Waals surface area contributed by atoms with E-state index in [4.69, 9.17) is 10.5 Å². The number of hydrogen-bond donors (Lipinski definition) is 1. The van der Waals surface area contributed by atoms with Gasteiger partial charge in [-0.1, -0.05) is 13.8 Å². The lowest BCUT2D eigenvalue weighted by Crippen LogP contribution is -2.46. The van der Waals surface area contributed by atoms with Crippen molar-refractivity contribution < 1.29 is 9.53 Å². The van der Waals surface area contributed by atoms with Crippen molar-refractivity contribution in [1.29, 1.82) is 0 Å². The number of aromatic nitrogens is 1. The van der Waals surface area contributed by atoms with Gasteiger partial charge in [0.15, 0.2) is 0 Å². The molecule has 100 valence electrons. The maximum atomic E-state index is 12.2. The van der Waals surface area contributed by atoms with Crippen molar-refractivity contribution in [2.45, 2.75) is 27.2 Å². The third-order valence-corrected chi connectivity index (χ3v) is 3.42. The normalized spacial score (nSPS) is 14.3. The molecule has 0 bridgehead atoms. The molecular weight excluding hydrogens is 228 g/mol. The largest absolute Gasteiger partial charge is 0.466 e. The van der Waals surface area contributed by atoms with Gasteiger partial charge in [0.2, 0.25) is 0 Å². The van der Waals surface area contributed by atoms with Crippen LogP contribution in [0.3, 0.4) is 0 Å². The standard InChI is InChI=1S/C14H22N2O2/c1-4-18-13(17)14(10-15,11(2)3)9-12-5-7-16-8-6-12/h5-8,11H,4,9-10,15H2,1-3H3. The van der Waals surface area contributed by atoms with Crippen LogP contribution in [0.2, 0.25) is 0 Å². The van der Waals surface area contributed by atoms with Crippen LogP contribution in [0.25, 0.3) is 0 Å². The predicted molar refractivity (Wildman–Crippen MR) is 70.9 cm³/mol. The van der Waals surface area contributed by atoms with Gasteiger partial charge in [-0.2, -0.15) is 0 Å². The predicted octanol–water partition coefficient (Wildman–Crippen LogP) is 1.79. The lowest BCUT2D eigenvalue weighted by atomic mass is 9.72. The topological polar surface area (TPSA) is 65.2 Å². The summed E-state index contributed by atoms with van der Waals surface area (Å²) in [5.41, 5.74) is 6.27. The smallest absolute Gasteiger partial charge is 0.313 e. The van der Waals surface area contributed by atoms with Crippen molar-refractivity contribution in [1.82, 2.24) is 4.98 Å². The maximum Gasteiger partial charge on any atom is 0.313 e. The molecule has 0 aliphatic carbocycles. The van der Waals surface area contributed by atoms with Crippen LogP contribution in [0.4, 0.5) is 0 Å². The Balaban J connectivity index is 3.01. The highest BCUT2D eigenvalue weighted by atomic mass is 16.5. The zero-order chi connectivity index (χ0) is 13.6. The lowest BCUT2D eigenvalue weighted by Gasteiger charge is -2.34. The third kappa shape index (κ3) is 3.07. The molecule has 18 heavy (non-hydrogen) atoms. The highest BCUT2D eigenvalue weighted by Gasteiger charge is 2.41. The van der Waals surface area contributed by atoms with Gasteiger partial charge in [0.1, 0.15) is 0 Å². The molecule has 0 radical (unpaired) electrons. The average molecular weight is 250 g/mol. The van der Waals surface area contributed by atoms with Gasteiger partial charge < -0.3 is 10.5 Å². The number of hydrogen-bond acceptors (Lipinski definition) is 4. The third-order valence-electron chi connectivity index (χ3n) is 3.42. The molecule has 1 aromatic heterocycles. The fourth-order valence-corrected chi connectivity index (χ4v) is 2.04. The van der Waals surface area contributed by atoms with Crippen LogP contribution < -0.4 is 5.73 Å². The molecule has 0 amide bonds. The first kappa shape index (κ1) is 14.6. The second kappa shape index (κ2) is 6.50. The molecule has 1 aromatic rings. The van der Waals surface area contributed by atoms with Crippen molar-refractivity contribution in [3.8, 4) is 0 Å². The maximum absolute atomic E-state index is 12.2. The van der Waals surface area contributed by atoms with Crippen LogP contribution in [-0.2, 0) is 16.0 Å². The Labute approximate surface area is 109 Å². The number of rotatable bonds is 6. The summed E-state index contributed by atoms with van der Waals surface area (Å²) in [6.45, 7) is 6.48. The molecule has 0 saturated heterocycles. The zero-order valence-electron chi connectivity index (χ0n) is 11.3. The molecule has 2 N–H and O–H groups in total. The summed E-state index contributed by atoms with van der Waals surface area (Å²) >= 11 is 0. The summed E-state index contributed by atoms with van der Waals surface area (Å²) < 4.78 is 5.20. The minimum Gasteiger partial charge on any atom is -0.466 e. The summed E-state index contributed by atoms with van der Waals surface area (Å²) in [5, 5.41) is 0. The molecule has 1 unspecified atom stereocenters. The van der Waals surface area contributed by atoms with Gasteiger partial charge >= 0.3 is 5.97 Å². The number of pyridine rings is 1. The summed E-state index contributed by atoms with van der Waals surface area (Å²) in [6, 6.07) is 3.82. The fourth-order valence-electron chi connectivity index (χ4n) is 2.04. The molecule has 0 aliphatic heterocycles. The molecule has 1 rings (SSSR count). The summed E-state index contributed by atoms with van der Waals surface area (Å²) in [4.78, 5) is 16.2. The Morgan fingerprint density at radius 1 is 1.44 bits per heavy atom. The highest BCUT2D eigenvalue weighted by molar-refractivity contribution is 5.78.